The minimum absolute atomic E-state index is 0.0777. The van der Waals surface area contributed by atoms with Crippen LogP contribution in [0, 0.1) is 0 Å². The Bertz CT molecular complexity index is 1010. The van der Waals surface area contributed by atoms with Gasteiger partial charge in [-0.2, -0.15) is 5.10 Å². The number of fused-ring (bicyclic) bond motifs is 1. The van der Waals surface area contributed by atoms with Crippen LogP contribution in [0.2, 0.25) is 0 Å². The number of nitrogens with zero attached hydrogens (tertiary/aromatic N) is 2. The van der Waals surface area contributed by atoms with Crippen LogP contribution in [0.1, 0.15) is 40.5 Å². The maximum Gasteiger partial charge on any atom is 0.251 e. The lowest BCUT2D eigenvalue weighted by atomic mass is 9.93. The Morgan fingerprint density at radius 1 is 1.10 bits per heavy atom. The van der Waals surface area contributed by atoms with Crippen molar-refractivity contribution in [1.29, 1.82) is 0 Å². The van der Waals surface area contributed by atoms with E-state index >= 15 is 0 Å². The lowest BCUT2D eigenvalue weighted by Gasteiger charge is -2.24. The minimum Gasteiger partial charge on any atom is -0.508 e. The lowest BCUT2D eigenvalue weighted by molar-refractivity contribution is -0.121. The third kappa shape index (κ3) is 4.13. The summed E-state index contributed by atoms with van der Waals surface area (Å²) in [6, 6.07) is 15.6. The second-order valence-electron chi connectivity index (χ2n) is 7.04. The van der Waals surface area contributed by atoms with Crippen LogP contribution in [0.4, 0.5) is 0 Å². The molecule has 0 fully saturated rings. The van der Waals surface area contributed by atoms with Gasteiger partial charge in [-0.25, -0.2) is 4.68 Å². The first kappa shape index (κ1) is 18.7. The molecule has 2 aromatic carbocycles. The molecule has 0 aliphatic heterocycles. The Balaban J connectivity index is 1.41. The molecule has 1 aromatic heterocycles. The van der Waals surface area contributed by atoms with E-state index in [0.717, 1.165) is 36.2 Å². The van der Waals surface area contributed by atoms with Crippen molar-refractivity contribution >= 4 is 11.8 Å². The maximum atomic E-state index is 12.4. The normalized spacial score (nSPS) is 15.4. The van der Waals surface area contributed by atoms with Gasteiger partial charge in [-0.1, -0.05) is 18.2 Å². The number of rotatable bonds is 5. The van der Waals surface area contributed by atoms with Gasteiger partial charge in [0.15, 0.2) is 0 Å². The van der Waals surface area contributed by atoms with Gasteiger partial charge >= 0.3 is 0 Å². The fourth-order valence-electron chi connectivity index (χ4n) is 3.62. The number of hydrogen-bond acceptors (Lipinski definition) is 4. The highest BCUT2D eigenvalue weighted by Crippen LogP contribution is 2.31. The first-order valence-electron chi connectivity index (χ1n) is 9.60. The monoisotopic (exact) mass is 390 g/mol. The topological polar surface area (TPSA) is 96.3 Å². The third-order valence-corrected chi connectivity index (χ3v) is 5.06. The lowest BCUT2D eigenvalue weighted by Crippen LogP contribution is -2.39. The molecule has 0 saturated carbocycles. The third-order valence-electron chi connectivity index (χ3n) is 5.06. The van der Waals surface area contributed by atoms with Crippen molar-refractivity contribution in [2.75, 3.05) is 6.54 Å². The number of benzene rings is 2. The van der Waals surface area contributed by atoms with E-state index in [2.05, 4.69) is 15.7 Å². The molecule has 2 amide bonds. The molecule has 7 heteroatoms. The molecule has 1 aliphatic carbocycles. The average Bonchev–Trinajstić information content (AvgIpc) is 3.18. The molecule has 3 N–H and O–H groups in total. The van der Waals surface area contributed by atoms with E-state index in [1.807, 2.05) is 22.9 Å². The zero-order valence-electron chi connectivity index (χ0n) is 15.8. The van der Waals surface area contributed by atoms with Crippen molar-refractivity contribution in [2.24, 2.45) is 0 Å². The molecule has 3 aromatic rings. The number of phenolic OH excluding ortho intramolecular Hbond substituents is 1. The Morgan fingerprint density at radius 3 is 2.62 bits per heavy atom. The van der Waals surface area contributed by atoms with Gasteiger partial charge in [0.25, 0.3) is 5.91 Å². The first-order valence-corrected chi connectivity index (χ1v) is 9.60. The first-order chi connectivity index (χ1) is 14.1. The van der Waals surface area contributed by atoms with E-state index < -0.39 is 0 Å². The standard InChI is InChI=1S/C22H22N4O3/c27-17-11-9-16(10-12-17)26-20-8-4-7-19(18(20)13-24-26)25-21(28)14-23-22(29)15-5-2-1-3-6-15/h1-3,5-6,9-13,19,27H,4,7-8,14H2,(H,23,29)(H,25,28). The Hall–Kier alpha value is -3.61. The van der Waals surface area contributed by atoms with Gasteiger partial charge in [-0.05, 0) is 55.7 Å². The molecule has 1 heterocycles. The van der Waals surface area contributed by atoms with Gasteiger partial charge in [-0.3, -0.25) is 9.59 Å². The summed E-state index contributed by atoms with van der Waals surface area (Å²) in [7, 11) is 0. The van der Waals surface area contributed by atoms with Crippen molar-refractivity contribution in [1.82, 2.24) is 20.4 Å². The second kappa shape index (κ2) is 8.18. The van der Waals surface area contributed by atoms with Gasteiger partial charge in [0, 0.05) is 16.8 Å². The number of aromatic nitrogens is 2. The van der Waals surface area contributed by atoms with E-state index in [0.29, 0.717) is 5.56 Å². The molecular formula is C22H22N4O3. The summed E-state index contributed by atoms with van der Waals surface area (Å²) >= 11 is 0. The van der Waals surface area contributed by atoms with E-state index in [9.17, 15) is 14.7 Å². The summed E-state index contributed by atoms with van der Waals surface area (Å²) in [6.07, 6.45) is 4.41. The smallest absolute Gasteiger partial charge is 0.251 e. The number of nitrogens with one attached hydrogen (secondary N) is 2. The summed E-state index contributed by atoms with van der Waals surface area (Å²) in [5, 5.41) is 19.6. The van der Waals surface area contributed by atoms with Crippen LogP contribution in [0.25, 0.3) is 5.69 Å². The number of phenols is 1. The molecular weight excluding hydrogens is 368 g/mol. The summed E-state index contributed by atoms with van der Waals surface area (Å²) in [5.74, 6) is -0.299. The predicted octanol–water partition coefficient (Wildman–Crippen LogP) is 2.50. The summed E-state index contributed by atoms with van der Waals surface area (Å²) in [5.41, 5.74) is 3.44. The van der Waals surface area contributed by atoms with Crippen LogP contribution in [0.15, 0.2) is 60.8 Å². The van der Waals surface area contributed by atoms with Gasteiger partial charge in [0.05, 0.1) is 24.5 Å². The number of amides is 2. The highest BCUT2D eigenvalue weighted by molar-refractivity contribution is 5.96. The van der Waals surface area contributed by atoms with Crippen molar-refractivity contribution in [3.05, 3.63) is 77.6 Å². The van der Waals surface area contributed by atoms with Crippen LogP contribution >= 0.6 is 0 Å². The van der Waals surface area contributed by atoms with Gasteiger partial charge < -0.3 is 15.7 Å². The highest BCUT2D eigenvalue weighted by Gasteiger charge is 2.26. The molecule has 0 saturated heterocycles. The average molecular weight is 390 g/mol. The molecule has 1 atom stereocenters. The quantitative estimate of drug-likeness (QED) is 0.624. The highest BCUT2D eigenvalue weighted by atomic mass is 16.3. The van der Waals surface area contributed by atoms with E-state index in [4.69, 9.17) is 0 Å². The van der Waals surface area contributed by atoms with Crippen molar-refractivity contribution in [3.8, 4) is 11.4 Å². The Labute approximate surface area is 168 Å². The maximum absolute atomic E-state index is 12.4. The summed E-state index contributed by atoms with van der Waals surface area (Å²) < 4.78 is 1.85. The molecule has 1 aliphatic rings. The van der Waals surface area contributed by atoms with Gasteiger partial charge in [0.1, 0.15) is 5.75 Å². The molecule has 0 spiro atoms. The van der Waals surface area contributed by atoms with Crippen LogP contribution in [0.3, 0.4) is 0 Å². The van der Waals surface area contributed by atoms with E-state index in [-0.39, 0.29) is 30.2 Å². The zero-order chi connectivity index (χ0) is 20.2. The molecule has 29 heavy (non-hydrogen) atoms. The van der Waals surface area contributed by atoms with Crippen molar-refractivity contribution in [2.45, 2.75) is 25.3 Å². The SMILES string of the molecule is O=C(CNC(=O)c1ccccc1)NC1CCCc2c1cnn2-c1ccc(O)cc1. The number of carbonyl (C=O) groups is 2. The van der Waals surface area contributed by atoms with Crippen molar-refractivity contribution in [3.63, 3.8) is 0 Å². The molecule has 148 valence electrons. The number of carbonyl (C=O) groups excluding carboxylic acids is 2. The van der Waals surface area contributed by atoms with Gasteiger partial charge in [0.2, 0.25) is 5.91 Å². The summed E-state index contributed by atoms with van der Waals surface area (Å²) in [6.45, 7) is -0.0777. The number of aromatic hydroxyl groups is 1. The van der Waals surface area contributed by atoms with Crippen LogP contribution < -0.4 is 10.6 Å². The Kier molecular flexibility index (Phi) is 5.29. The van der Waals surface area contributed by atoms with E-state index in [1.165, 1.54) is 0 Å². The van der Waals surface area contributed by atoms with Crippen LogP contribution in [-0.2, 0) is 11.2 Å². The van der Waals surface area contributed by atoms with Gasteiger partial charge in [-0.15, -0.1) is 0 Å². The number of hydrogen-bond donors (Lipinski definition) is 3. The van der Waals surface area contributed by atoms with E-state index in [1.54, 1.807) is 42.6 Å². The molecule has 7 nitrogen and oxygen atoms in total. The van der Waals surface area contributed by atoms with Crippen LogP contribution in [0.5, 0.6) is 5.75 Å². The molecule has 1 unspecified atom stereocenters. The Morgan fingerprint density at radius 2 is 1.86 bits per heavy atom. The van der Waals surface area contributed by atoms with Crippen LogP contribution in [-0.4, -0.2) is 33.2 Å². The molecule has 0 bridgehead atoms. The fraction of sp³-hybridized carbons (Fsp3) is 0.227. The predicted molar refractivity (Wildman–Crippen MR) is 108 cm³/mol. The second-order valence-corrected chi connectivity index (χ2v) is 7.04. The zero-order valence-corrected chi connectivity index (χ0v) is 15.8. The molecule has 0 radical (unpaired) electrons. The summed E-state index contributed by atoms with van der Waals surface area (Å²) in [4.78, 5) is 24.5. The largest absolute Gasteiger partial charge is 0.508 e. The van der Waals surface area contributed by atoms with Crippen molar-refractivity contribution < 1.29 is 14.7 Å². The fourth-order valence-corrected chi connectivity index (χ4v) is 3.62. The molecule has 4 rings (SSSR count). The minimum atomic E-state index is -0.273.